The Kier molecular flexibility index (Phi) is 2.81. The molecule has 0 atom stereocenters. The number of aliphatic carboxylic acids is 1. The lowest BCUT2D eigenvalue weighted by Gasteiger charge is -1.89. The van der Waals surface area contributed by atoms with Crippen molar-refractivity contribution in [3.05, 3.63) is 28.0 Å². The van der Waals surface area contributed by atoms with Crippen LogP contribution in [0.1, 0.15) is 15.9 Å². The highest BCUT2D eigenvalue weighted by Crippen LogP contribution is 2.16. The average molecular weight is 198 g/mol. The lowest BCUT2D eigenvalue weighted by atomic mass is 10.2. The molecule has 0 bridgehead atoms. The molecule has 5 heteroatoms. The SMILES string of the molecule is O=C(O)C=Cc1cscc1C(=O)O. The molecule has 0 aliphatic carbocycles. The predicted molar refractivity (Wildman–Crippen MR) is 47.9 cm³/mol. The van der Waals surface area contributed by atoms with Crippen LogP contribution < -0.4 is 0 Å². The van der Waals surface area contributed by atoms with Crippen LogP contribution in [-0.4, -0.2) is 22.2 Å². The number of hydrogen-bond donors (Lipinski definition) is 2. The summed E-state index contributed by atoms with van der Waals surface area (Å²) in [6, 6.07) is 0. The molecule has 4 nitrogen and oxygen atoms in total. The predicted octanol–water partition coefficient (Wildman–Crippen LogP) is 1.54. The van der Waals surface area contributed by atoms with Crippen LogP contribution >= 0.6 is 11.3 Å². The maximum atomic E-state index is 10.6. The first-order valence-electron chi connectivity index (χ1n) is 3.31. The normalized spacial score (nSPS) is 10.5. The van der Waals surface area contributed by atoms with Crippen molar-refractivity contribution in [3.8, 4) is 0 Å². The third-order valence-corrected chi connectivity index (χ3v) is 2.09. The molecule has 0 saturated carbocycles. The van der Waals surface area contributed by atoms with Crippen molar-refractivity contribution in [2.75, 3.05) is 0 Å². The fraction of sp³-hybridized carbons (Fsp3) is 0. The van der Waals surface area contributed by atoms with E-state index < -0.39 is 11.9 Å². The highest BCUT2D eigenvalue weighted by molar-refractivity contribution is 7.08. The van der Waals surface area contributed by atoms with Gasteiger partial charge in [-0.15, -0.1) is 0 Å². The summed E-state index contributed by atoms with van der Waals surface area (Å²) in [6.07, 6.45) is 2.18. The third kappa shape index (κ3) is 2.41. The lowest BCUT2D eigenvalue weighted by molar-refractivity contribution is -0.131. The number of hydrogen-bond acceptors (Lipinski definition) is 3. The molecule has 1 rings (SSSR count). The second-order valence-corrected chi connectivity index (χ2v) is 2.96. The van der Waals surface area contributed by atoms with Crippen molar-refractivity contribution < 1.29 is 19.8 Å². The van der Waals surface area contributed by atoms with Gasteiger partial charge in [0.15, 0.2) is 0 Å². The molecule has 68 valence electrons. The molecule has 0 aromatic carbocycles. The zero-order valence-electron chi connectivity index (χ0n) is 6.43. The first-order chi connectivity index (χ1) is 6.11. The van der Waals surface area contributed by atoms with E-state index in [1.165, 1.54) is 22.8 Å². The van der Waals surface area contributed by atoms with Crippen molar-refractivity contribution in [1.82, 2.24) is 0 Å². The molecule has 0 fully saturated rings. The van der Waals surface area contributed by atoms with Gasteiger partial charge in [-0.05, 0) is 17.0 Å². The van der Waals surface area contributed by atoms with Crippen LogP contribution in [0.5, 0.6) is 0 Å². The molecule has 1 heterocycles. The van der Waals surface area contributed by atoms with Gasteiger partial charge in [0.2, 0.25) is 0 Å². The fourth-order valence-electron chi connectivity index (χ4n) is 0.771. The number of carboxylic acids is 2. The van der Waals surface area contributed by atoms with Gasteiger partial charge in [-0.3, -0.25) is 0 Å². The molecule has 0 unspecified atom stereocenters. The zero-order valence-corrected chi connectivity index (χ0v) is 7.25. The quantitative estimate of drug-likeness (QED) is 0.722. The number of thiophene rings is 1. The van der Waals surface area contributed by atoms with Crippen molar-refractivity contribution in [2.24, 2.45) is 0 Å². The molecular weight excluding hydrogens is 192 g/mol. The lowest BCUT2D eigenvalue weighted by Crippen LogP contribution is -1.95. The summed E-state index contributed by atoms with van der Waals surface area (Å²) in [7, 11) is 0. The van der Waals surface area contributed by atoms with Crippen molar-refractivity contribution in [2.45, 2.75) is 0 Å². The molecule has 1 aromatic heterocycles. The Labute approximate surface area is 77.8 Å². The van der Waals surface area contributed by atoms with Gasteiger partial charge >= 0.3 is 11.9 Å². The zero-order chi connectivity index (χ0) is 9.84. The van der Waals surface area contributed by atoms with Gasteiger partial charge in [-0.2, -0.15) is 11.3 Å². The largest absolute Gasteiger partial charge is 0.478 e. The van der Waals surface area contributed by atoms with Gasteiger partial charge in [0.25, 0.3) is 0 Å². The summed E-state index contributed by atoms with van der Waals surface area (Å²) in [5.41, 5.74) is 0.544. The Hall–Kier alpha value is -1.62. The summed E-state index contributed by atoms with van der Waals surface area (Å²) in [4.78, 5) is 20.7. The Morgan fingerprint density at radius 1 is 1.31 bits per heavy atom. The Balaban J connectivity index is 2.95. The molecule has 13 heavy (non-hydrogen) atoms. The average Bonchev–Trinajstić information content (AvgIpc) is 2.47. The molecule has 0 spiro atoms. The summed E-state index contributed by atoms with van der Waals surface area (Å²) in [5, 5.41) is 20.0. The fourth-order valence-corrected chi connectivity index (χ4v) is 1.56. The van der Waals surface area contributed by atoms with Gasteiger partial charge in [0.1, 0.15) is 0 Å². The smallest absolute Gasteiger partial charge is 0.337 e. The van der Waals surface area contributed by atoms with Crippen molar-refractivity contribution in [3.63, 3.8) is 0 Å². The molecule has 0 amide bonds. The minimum atomic E-state index is -1.09. The molecular formula is C8H6O4S. The van der Waals surface area contributed by atoms with Gasteiger partial charge < -0.3 is 10.2 Å². The summed E-state index contributed by atoms with van der Waals surface area (Å²) in [6.45, 7) is 0. The Morgan fingerprint density at radius 2 is 2.00 bits per heavy atom. The highest BCUT2D eigenvalue weighted by Gasteiger charge is 2.08. The first kappa shape index (κ1) is 9.47. The Morgan fingerprint density at radius 3 is 2.54 bits per heavy atom. The van der Waals surface area contributed by atoms with E-state index in [0.29, 0.717) is 5.56 Å². The van der Waals surface area contributed by atoms with Crippen LogP contribution in [-0.2, 0) is 4.79 Å². The van der Waals surface area contributed by atoms with Crippen LogP contribution in [0.15, 0.2) is 16.8 Å². The monoisotopic (exact) mass is 198 g/mol. The number of carboxylic acid groups (broad SMARTS) is 2. The van der Waals surface area contributed by atoms with E-state index in [0.717, 1.165) is 6.08 Å². The van der Waals surface area contributed by atoms with E-state index in [2.05, 4.69) is 0 Å². The minimum Gasteiger partial charge on any atom is -0.478 e. The van der Waals surface area contributed by atoms with Gasteiger partial charge in [0, 0.05) is 11.5 Å². The summed E-state index contributed by atoms with van der Waals surface area (Å²) >= 11 is 1.22. The molecule has 0 aliphatic heterocycles. The Bertz CT molecular complexity index is 364. The van der Waals surface area contributed by atoms with Crippen LogP contribution in [0.4, 0.5) is 0 Å². The van der Waals surface area contributed by atoms with E-state index in [1.807, 2.05) is 0 Å². The van der Waals surface area contributed by atoms with Crippen molar-refractivity contribution >= 4 is 29.4 Å². The number of carbonyl (C=O) groups is 2. The maximum absolute atomic E-state index is 10.6. The third-order valence-electron chi connectivity index (χ3n) is 1.33. The number of aromatic carboxylic acids is 1. The second kappa shape index (κ2) is 3.86. The van der Waals surface area contributed by atoms with Crippen LogP contribution in [0, 0.1) is 0 Å². The molecule has 1 aromatic rings. The minimum absolute atomic E-state index is 0.127. The van der Waals surface area contributed by atoms with Crippen molar-refractivity contribution in [1.29, 1.82) is 0 Å². The molecule has 2 N–H and O–H groups in total. The number of rotatable bonds is 3. The summed E-state index contributed by atoms with van der Waals surface area (Å²) in [5.74, 6) is -2.14. The van der Waals surface area contributed by atoms with Gasteiger partial charge in [0.05, 0.1) is 5.56 Å². The molecule has 0 aliphatic rings. The van der Waals surface area contributed by atoms with Crippen LogP contribution in [0.25, 0.3) is 6.08 Å². The molecule has 0 saturated heterocycles. The second-order valence-electron chi connectivity index (χ2n) is 2.22. The van der Waals surface area contributed by atoms with E-state index >= 15 is 0 Å². The van der Waals surface area contributed by atoms with Crippen LogP contribution in [0.2, 0.25) is 0 Å². The molecule has 0 radical (unpaired) electrons. The van der Waals surface area contributed by atoms with Gasteiger partial charge in [-0.1, -0.05) is 0 Å². The highest BCUT2D eigenvalue weighted by atomic mass is 32.1. The first-order valence-corrected chi connectivity index (χ1v) is 4.26. The maximum Gasteiger partial charge on any atom is 0.337 e. The standard InChI is InChI=1S/C8H6O4S/c9-7(10)2-1-5-3-13-4-6(5)8(11)12/h1-4H,(H,9,10)(H,11,12). The van der Waals surface area contributed by atoms with Crippen LogP contribution in [0.3, 0.4) is 0 Å². The van der Waals surface area contributed by atoms with Gasteiger partial charge in [-0.25, -0.2) is 9.59 Å². The topological polar surface area (TPSA) is 74.6 Å². The summed E-state index contributed by atoms with van der Waals surface area (Å²) < 4.78 is 0. The van der Waals surface area contributed by atoms with E-state index in [4.69, 9.17) is 10.2 Å². The van der Waals surface area contributed by atoms with E-state index in [-0.39, 0.29) is 5.56 Å². The van der Waals surface area contributed by atoms with E-state index in [9.17, 15) is 9.59 Å². The van der Waals surface area contributed by atoms with E-state index in [1.54, 1.807) is 5.38 Å².